The van der Waals surface area contributed by atoms with E-state index in [0.717, 1.165) is 54.8 Å². The highest BCUT2D eigenvalue weighted by molar-refractivity contribution is 5.94. The van der Waals surface area contributed by atoms with E-state index in [9.17, 15) is 0 Å². The summed E-state index contributed by atoms with van der Waals surface area (Å²) in [4.78, 5) is 15.6. The Labute approximate surface area is 182 Å². The van der Waals surface area contributed by atoms with Crippen molar-refractivity contribution in [2.45, 2.75) is 19.3 Å². The smallest absolute Gasteiger partial charge is 0.159 e. The minimum absolute atomic E-state index is 0.588. The van der Waals surface area contributed by atoms with Gasteiger partial charge in [0.2, 0.25) is 0 Å². The van der Waals surface area contributed by atoms with Crippen LogP contribution in [0.15, 0.2) is 73.2 Å². The number of nitrogens with two attached hydrogens (primary N) is 1. The molecule has 0 amide bonds. The van der Waals surface area contributed by atoms with Gasteiger partial charge in [-0.05, 0) is 55.0 Å². The number of hydrogen-bond donors (Lipinski definition) is 2. The van der Waals surface area contributed by atoms with Crippen LogP contribution in [-0.4, -0.2) is 28.0 Å². The summed E-state index contributed by atoms with van der Waals surface area (Å²) in [7, 11) is 0. The zero-order valence-corrected chi connectivity index (χ0v) is 17.4. The Morgan fingerprint density at radius 2 is 1.74 bits per heavy atom. The van der Waals surface area contributed by atoms with Crippen LogP contribution in [0.2, 0.25) is 0 Å². The summed E-state index contributed by atoms with van der Waals surface area (Å²) in [5.41, 5.74) is 10.4. The lowest BCUT2D eigenvalue weighted by Crippen LogP contribution is -2.35. The molecule has 1 aliphatic rings. The Hall–Kier alpha value is -3.67. The van der Waals surface area contributed by atoms with Crippen molar-refractivity contribution in [1.82, 2.24) is 15.0 Å². The Kier molecular flexibility index (Phi) is 5.35. The number of anilines is 4. The second kappa shape index (κ2) is 8.60. The number of rotatable bonds is 5. The second-order valence-electron chi connectivity index (χ2n) is 8.08. The van der Waals surface area contributed by atoms with E-state index in [4.69, 9.17) is 5.73 Å². The van der Waals surface area contributed by atoms with Crippen LogP contribution in [0.1, 0.15) is 18.4 Å². The van der Waals surface area contributed by atoms with Gasteiger partial charge < -0.3 is 16.0 Å². The lowest BCUT2D eigenvalue weighted by molar-refractivity contribution is 0.402. The van der Waals surface area contributed by atoms with Gasteiger partial charge in [-0.1, -0.05) is 36.4 Å². The van der Waals surface area contributed by atoms with Crippen molar-refractivity contribution < 1.29 is 0 Å². The highest BCUT2D eigenvalue weighted by Gasteiger charge is 2.23. The zero-order valence-electron chi connectivity index (χ0n) is 17.4. The number of nitrogen functional groups attached to an aromatic ring is 1. The van der Waals surface area contributed by atoms with Crippen LogP contribution in [0.3, 0.4) is 0 Å². The summed E-state index contributed by atoms with van der Waals surface area (Å²) in [6, 6.07) is 20.7. The van der Waals surface area contributed by atoms with Crippen LogP contribution >= 0.6 is 0 Å². The van der Waals surface area contributed by atoms with Crippen molar-refractivity contribution in [2.24, 2.45) is 5.92 Å². The number of nitrogens with one attached hydrogen (secondary N) is 1. The van der Waals surface area contributed by atoms with Gasteiger partial charge in [-0.2, -0.15) is 0 Å². The molecule has 0 radical (unpaired) electrons. The third-order valence-corrected chi connectivity index (χ3v) is 6.04. The lowest BCUT2D eigenvalue weighted by Gasteiger charge is -2.33. The number of aromatic nitrogens is 3. The Morgan fingerprint density at radius 3 is 2.58 bits per heavy atom. The van der Waals surface area contributed by atoms with Gasteiger partial charge >= 0.3 is 0 Å². The molecule has 2 aromatic heterocycles. The standard InChI is InChI=1S/C25H26N6/c26-23-24(30-22-10-4-9-21-20(22)8-5-13-27-21)28-17-29-25(23)31-14-11-19(12-15-31)16-18-6-2-1-3-7-18/h1-10,13,17,19H,11-12,14-16,26H2,(H,28,29,30). The molecule has 6 heteroatoms. The van der Waals surface area contributed by atoms with Gasteiger partial charge in [0.25, 0.3) is 0 Å². The number of benzene rings is 2. The maximum atomic E-state index is 6.52. The van der Waals surface area contributed by atoms with Crippen molar-refractivity contribution in [3.8, 4) is 0 Å². The van der Waals surface area contributed by atoms with Gasteiger partial charge in [-0.15, -0.1) is 0 Å². The molecular weight excluding hydrogens is 384 g/mol. The topological polar surface area (TPSA) is 80.0 Å². The zero-order chi connectivity index (χ0) is 21.0. The van der Waals surface area contributed by atoms with E-state index in [1.165, 1.54) is 5.56 Å². The molecule has 6 nitrogen and oxygen atoms in total. The van der Waals surface area contributed by atoms with Crippen LogP contribution < -0.4 is 16.0 Å². The van der Waals surface area contributed by atoms with Crippen LogP contribution in [-0.2, 0) is 6.42 Å². The highest BCUT2D eigenvalue weighted by atomic mass is 15.2. The molecule has 3 N–H and O–H groups in total. The largest absolute Gasteiger partial charge is 0.393 e. The van der Waals surface area contributed by atoms with E-state index in [-0.39, 0.29) is 0 Å². The van der Waals surface area contributed by atoms with E-state index in [1.54, 1.807) is 12.5 Å². The van der Waals surface area contributed by atoms with Gasteiger partial charge in [-0.25, -0.2) is 9.97 Å². The minimum atomic E-state index is 0.588. The molecule has 31 heavy (non-hydrogen) atoms. The summed E-state index contributed by atoms with van der Waals surface area (Å²) in [6.45, 7) is 1.91. The van der Waals surface area contributed by atoms with E-state index in [1.807, 2.05) is 30.3 Å². The molecule has 1 fully saturated rings. The first-order chi connectivity index (χ1) is 15.3. The summed E-state index contributed by atoms with van der Waals surface area (Å²) >= 11 is 0. The van der Waals surface area contributed by atoms with Crippen LogP contribution in [0.4, 0.5) is 23.0 Å². The summed E-state index contributed by atoms with van der Waals surface area (Å²) in [5.74, 6) is 2.14. The van der Waals surface area contributed by atoms with Crippen molar-refractivity contribution in [3.05, 3.63) is 78.8 Å². The maximum absolute atomic E-state index is 6.52. The number of piperidine rings is 1. The van der Waals surface area contributed by atoms with Crippen LogP contribution in [0, 0.1) is 5.92 Å². The molecule has 0 aliphatic carbocycles. The molecule has 0 atom stereocenters. The van der Waals surface area contributed by atoms with Gasteiger partial charge in [0.15, 0.2) is 11.6 Å². The summed E-state index contributed by atoms with van der Waals surface area (Å²) in [5, 5.41) is 4.43. The lowest BCUT2D eigenvalue weighted by atomic mass is 9.90. The average molecular weight is 411 g/mol. The summed E-state index contributed by atoms with van der Waals surface area (Å²) < 4.78 is 0. The Balaban J connectivity index is 1.31. The first kappa shape index (κ1) is 19.3. The molecule has 4 aromatic rings. The third-order valence-electron chi connectivity index (χ3n) is 6.04. The van der Waals surface area contributed by atoms with Crippen LogP contribution in [0.25, 0.3) is 10.9 Å². The fourth-order valence-corrected chi connectivity index (χ4v) is 4.37. The maximum Gasteiger partial charge on any atom is 0.159 e. The molecule has 0 spiro atoms. The van der Waals surface area contributed by atoms with Gasteiger partial charge in [0, 0.05) is 30.4 Å². The monoisotopic (exact) mass is 410 g/mol. The molecular formula is C25H26N6. The van der Waals surface area contributed by atoms with Crippen molar-refractivity contribution in [2.75, 3.05) is 29.0 Å². The van der Waals surface area contributed by atoms with Crippen molar-refractivity contribution in [3.63, 3.8) is 0 Å². The fourth-order valence-electron chi connectivity index (χ4n) is 4.37. The normalized spacial score (nSPS) is 14.6. The third kappa shape index (κ3) is 4.14. The molecule has 1 saturated heterocycles. The SMILES string of the molecule is Nc1c(Nc2cccc3ncccc23)ncnc1N1CCC(Cc2ccccc2)CC1. The Morgan fingerprint density at radius 1 is 0.903 bits per heavy atom. The van der Waals surface area contributed by atoms with Gasteiger partial charge in [0.1, 0.15) is 12.0 Å². The molecule has 1 aliphatic heterocycles. The highest BCUT2D eigenvalue weighted by Crippen LogP contribution is 2.33. The van der Waals surface area contributed by atoms with Crippen molar-refractivity contribution >= 4 is 33.9 Å². The predicted octanol–water partition coefficient (Wildman–Crippen LogP) is 4.81. The molecule has 2 aromatic carbocycles. The molecule has 0 bridgehead atoms. The first-order valence-electron chi connectivity index (χ1n) is 10.8. The van der Waals surface area contributed by atoms with E-state index < -0.39 is 0 Å². The van der Waals surface area contributed by atoms with Crippen LogP contribution in [0.5, 0.6) is 0 Å². The van der Waals surface area contributed by atoms with E-state index in [2.05, 4.69) is 55.5 Å². The second-order valence-corrected chi connectivity index (χ2v) is 8.08. The molecule has 3 heterocycles. The molecule has 0 unspecified atom stereocenters. The fraction of sp³-hybridized carbons (Fsp3) is 0.240. The van der Waals surface area contributed by atoms with E-state index in [0.29, 0.717) is 17.4 Å². The quantitative estimate of drug-likeness (QED) is 0.491. The first-order valence-corrected chi connectivity index (χ1v) is 10.8. The molecule has 156 valence electrons. The number of pyridine rings is 1. The summed E-state index contributed by atoms with van der Waals surface area (Å²) in [6.07, 6.45) is 6.79. The molecule has 0 saturated carbocycles. The number of nitrogens with zero attached hydrogens (tertiary/aromatic N) is 4. The van der Waals surface area contributed by atoms with Gasteiger partial charge in [0.05, 0.1) is 5.52 Å². The van der Waals surface area contributed by atoms with Crippen molar-refractivity contribution in [1.29, 1.82) is 0 Å². The Bertz CT molecular complexity index is 1160. The van der Waals surface area contributed by atoms with E-state index >= 15 is 0 Å². The number of fused-ring (bicyclic) bond motifs is 1. The average Bonchev–Trinajstić information content (AvgIpc) is 2.82. The predicted molar refractivity (Wildman–Crippen MR) is 127 cm³/mol. The minimum Gasteiger partial charge on any atom is -0.393 e. The van der Waals surface area contributed by atoms with Gasteiger partial charge in [-0.3, -0.25) is 4.98 Å². The number of hydrogen-bond acceptors (Lipinski definition) is 6. The molecule has 5 rings (SSSR count).